The molecule has 0 fully saturated rings. The van der Waals surface area contributed by atoms with E-state index in [1.54, 1.807) is 0 Å². The lowest BCUT2D eigenvalue weighted by Gasteiger charge is -2.04. The summed E-state index contributed by atoms with van der Waals surface area (Å²) in [5.41, 5.74) is 7.36. The maximum Gasteiger partial charge on any atom is 0.204 e. The highest BCUT2D eigenvalue weighted by Crippen LogP contribution is 2.16. The fraction of sp³-hybridized carbons (Fsp3) is 0.222. The highest BCUT2D eigenvalue weighted by atomic mass is 15.5. The predicted octanol–water partition coefficient (Wildman–Crippen LogP) is 0.237. The molecule has 2 rings (SSSR count). The molecular weight excluding hydrogens is 192 g/mol. The van der Waals surface area contributed by atoms with Gasteiger partial charge in [0, 0.05) is 24.3 Å². The van der Waals surface area contributed by atoms with E-state index in [4.69, 9.17) is 5.73 Å². The zero-order valence-electron chi connectivity index (χ0n) is 8.14. The number of aromatic nitrogens is 4. The van der Waals surface area contributed by atoms with Gasteiger partial charge in [-0.15, -0.1) is 10.2 Å². The lowest BCUT2D eigenvalue weighted by atomic mass is 10.2. The molecule has 0 bridgehead atoms. The van der Waals surface area contributed by atoms with Crippen LogP contribution in [0.15, 0.2) is 24.3 Å². The molecule has 6 heteroatoms. The SMILES string of the molecule is NCCNc1ccc(-c2nn[nH]n2)cc1. The van der Waals surface area contributed by atoms with Crippen molar-refractivity contribution in [3.63, 3.8) is 0 Å². The first-order chi connectivity index (χ1) is 7.40. The van der Waals surface area contributed by atoms with Crippen LogP contribution in [0.4, 0.5) is 5.69 Å². The molecule has 0 atom stereocenters. The van der Waals surface area contributed by atoms with E-state index in [2.05, 4.69) is 25.9 Å². The van der Waals surface area contributed by atoms with Gasteiger partial charge in [0.2, 0.25) is 5.82 Å². The van der Waals surface area contributed by atoms with Gasteiger partial charge in [0.25, 0.3) is 0 Å². The van der Waals surface area contributed by atoms with Gasteiger partial charge in [-0.3, -0.25) is 0 Å². The number of nitrogens with two attached hydrogens (primary N) is 1. The van der Waals surface area contributed by atoms with Crippen LogP contribution in [-0.4, -0.2) is 33.7 Å². The van der Waals surface area contributed by atoms with E-state index in [0.717, 1.165) is 17.8 Å². The molecule has 0 unspecified atom stereocenters. The molecule has 15 heavy (non-hydrogen) atoms. The molecule has 78 valence electrons. The molecule has 0 aliphatic rings. The number of aromatic amines is 1. The lowest BCUT2D eigenvalue weighted by molar-refractivity contribution is 0.881. The molecule has 0 amide bonds. The van der Waals surface area contributed by atoms with Gasteiger partial charge in [0.1, 0.15) is 0 Å². The topological polar surface area (TPSA) is 92.5 Å². The number of tetrazole rings is 1. The van der Waals surface area contributed by atoms with Crippen molar-refractivity contribution < 1.29 is 0 Å². The van der Waals surface area contributed by atoms with Crippen molar-refractivity contribution in [1.29, 1.82) is 0 Å². The third-order valence-corrected chi connectivity index (χ3v) is 1.96. The Morgan fingerprint density at radius 1 is 1.27 bits per heavy atom. The smallest absolute Gasteiger partial charge is 0.204 e. The molecule has 0 saturated heterocycles. The van der Waals surface area contributed by atoms with Crippen molar-refractivity contribution in [2.45, 2.75) is 0 Å². The Kier molecular flexibility index (Phi) is 2.89. The number of nitrogens with one attached hydrogen (secondary N) is 2. The normalized spacial score (nSPS) is 10.2. The zero-order chi connectivity index (χ0) is 10.5. The minimum Gasteiger partial charge on any atom is -0.384 e. The third kappa shape index (κ3) is 2.29. The highest BCUT2D eigenvalue weighted by molar-refractivity contribution is 5.58. The van der Waals surface area contributed by atoms with Crippen molar-refractivity contribution in [3.8, 4) is 11.4 Å². The van der Waals surface area contributed by atoms with Gasteiger partial charge in [-0.1, -0.05) is 0 Å². The molecule has 0 saturated carbocycles. The predicted molar refractivity (Wildman–Crippen MR) is 57.2 cm³/mol. The van der Waals surface area contributed by atoms with Crippen molar-refractivity contribution >= 4 is 5.69 Å². The highest BCUT2D eigenvalue weighted by Gasteiger charge is 2.01. The number of hydrogen-bond acceptors (Lipinski definition) is 5. The fourth-order valence-corrected chi connectivity index (χ4v) is 1.24. The lowest BCUT2D eigenvalue weighted by Crippen LogP contribution is -2.12. The Morgan fingerprint density at radius 2 is 2.07 bits per heavy atom. The first kappa shape index (κ1) is 9.60. The van der Waals surface area contributed by atoms with E-state index in [9.17, 15) is 0 Å². The third-order valence-electron chi connectivity index (χ3n) is 1.96. The second-order valence-electron chi connectivity index (χ2n) is 3.03. The molecule has 2 aromatic rings. The largest absolute Gasteiger partial charge is 0.384 e. The van der Waals surface area contributed by atoms with Crippen molar-refractivity contribution in [2.24, 2.45) is 5.73 Å². The molecule has 4 N–H and O–H groups in total. The average Bonchev–Trinajstić information content (AvgIpc) is 2.80. The maximum absolute atomic E-state index is 5.39. The second-order valence-corrected chi connectivity index (χ2v) is 3.03. The fourth-order valence-electron chi connectivity index (χ4n) is 1.24. The molecule has 0 spiro atoms. The van der Waals surface area contributed by atoms with Crippen LogP contribution in [0.3, 0.4) is 0 Å². The van der Waals surface area contributed by atoms with Gasteiger partial charge in [0.15, 0.2) is 0 Å². The van der Waals surface area contributed by atoms with Crippen molar-refractivity contribution in [3.05, 3.63) is 24.3 Å². The Bertz CT molecular complexity index is 393. The maximum atomic E-state index is 5.39. The van der Waals surface area contributed by atoms with Gasteiger partial charge in [-0.05, 0) is 29.5 Å². The summed E-state index contributed by atoms with van der Waals surface area (Å²) in [5, 5.41) is 16.9. The number of hydrogen-bond donors (Lipinski definition) is 3. The summed E-state index contributed by atoms with van der Waals surface area (Å²) in [6.45, 7) is 1.38. The van der Waals surface area contributed by atoms with E-state index in [1.807, 2.05) is 24.3 Å². The average molecular weight is 204 g/mol. The van der Waals surface area contributed by atoms with Crippen molar-refractivity contribution in [1.82, 2.24) is 20.6 Å². The minimum atomic E-state index is 0.598. The first-order valence-corrected chi connectivity index (χ1v) is 4.68. The first-order valence-electron chi connectivity index (χ1n) is 4.68. The van der Waals surface area contributed by atoms with Crippen LogP contribution in [0.2, 0.25) is 0 Å². The summed E-state index contributed by atoms with van der Waals surface area (Å²) in [7, 11) is 0. The van der Waals surface area contributed by atoms with E-state index in [1.165, 1.54) is 0 Å². The Balaban J connectivity index is 2.11. The Hall–Kier alpha value is -1.95. The molecule has 1 aromatic carbocycles. The number of anilines is 1. The summed E-state index contributed by atoms with van der Waals surface area (Å²) < 4.78 is 0. The summed E-state index contributed by atoms with van der Waals surface area (Å²) >= 11 is 0. The Labute approximate surface area is 86.9 Å². The molecule has 6 nitrogen and oxygen atoms in total. The van der Waals surface area contributed by atoms with Gasteiger partial charge in [-0.25, -0.2) is 0 Å². The second kappa shape index (κ2) is 4.52. The summed E-state index contributed by atoms with van der Waals surface area (Å²) in [5.74, 6) is 0.598. The van der Waals surface area contributed by atoms with E-state index >= 15 is 0 Å². The van der Waals surface area contributed by atoms with Crippen LogP contribution in [0, 0.1) is 0 Å². The van der Waals surface area contributed by atoms with E-state index < -0.39 is 0 Å². The van der Waals surface area contributed by atoms with Crippen LogP contribution in [0.1, 0.15) is 0 Å². The van der Waals surface area contributed by atoms with Gasteiger partial charge < -0.3 is 11.1 Å². The molecule has 1 aromatic heterocycles. The number of rotatable bonds is 4. The van der Waals surface area contributed by atoms with Crippen LogP contribution in [0.5, 0.6) is 0 Å². The summed E-state index contributed by atoms with van der Waals surface area (Å²) in [6, 6.07) is 7.79. The van der Waals surface area contributed by atoms with Gasteiger partial charge in [0.05, 0.1) is 0 Å². The van der Waals surface area contributed by atoms with Crippen molar-refractivity contribution in [2.75, 3.05) is 18.4 Å². The number of H-pyrrole nitrogens is 1. The quantitative estimate of drug-likeness (QED) is 0.663. The molecule has 0 aliphatic carbocycles. The van der Waals surface area contributed by atoms with Crippen LogP contribution in [0.25, 0.3) is 11.4 Å². The summed E-state index contributed by atoms with van der Waals surface area (Å²) in [4.78, 5) is 0. The van der Waals surface area contributed by atoms with Crippen LogP contribution < -0.4 is 11.1 Å². The van der Waals surface area contributed by atoms with E-state index in [0.29, 0.717) is 12.4 Å². The molecule has 1 heterocycles. The van der Waals surface area contributed by atoms with Crippen LogP contribution >= 0.6 is 0 Å². The van der Waals surface area contributed by atoms with Gasteiger partial charge >= 0.3 is 0 Å². The van der Waals surface area contributed by atoms with Crippen LogP contribution in [-0.2, 0) is 0 Å². The standard InChI is InChI=1S/C9H12N6/c10-5-6-11-8-3-1-7(2-4-8)9-12-14-15-13-9/h1-4,11H,5-6,10H2,(H,12,13,14,15). The molecule has 0 radical (unpaired) electrons. The Morgan fingerprint density at radius 3 is 2.67 bits per heavy atom. The monoisotopic (exact) mass is 204 g/mol. The zero-order valence-corrected chi connectivity index (χ0v) is 8.14. The summed E-state index contributed by atoms with van der Waals surface area (Å²) in [6.07, 6.45) is 0. The van der Waals surface area contributed by atoms with E-state index in [-0.39, 0.29) is 0 Å². The minimum absolute atomic E-state index is 0.598. The van der Waals surface area contributed by atoms with Gasteiger partial charge in [-0.2, -0.15) is 5.21 Å². The molecule has 0 aliphatic heterocycles. The number of benzene rings is 1. The number of nitrogens with zero attached hydrogens (tertiary/aromatic N) is 3. The molecular formula is C9H12N6.